The average molecular weight is 429 g/mol. The molecule has 2 atom stereocenters. The van der Waals surface area contributed by atoms with Gasteiger partial charge in [0.15, 0.2) is 0 Å². The minimum Gasteiger partial charge on any atom is -0.457 e. The van der Waals surface area contributed by atoms with Crippen LogP contribution >= 0.6 is 0 Å². The van der Waals surface area contributed by atoms with Gasteiger partial charge < -0.3 is 15.2 Å². The van der Waals surface area contributed by atoms with Gasteiger partial charge in [0.25, 0.3) is 0 Å². The first-order chi connectivity index (χ1) is 15.6. The zero-order valence-corrected chi connectivity index (χ0v) is 17.9. The third-order valence-corrected chi connectivity index (χ3v) is 5.61. The number of ether oxygens (including phenoxy) is 1. The highest BCUT2D eigenvalue weighted by molar-refractivity contribution is 6.13. The fourth-order valence-corrected chi connectivity index (χ4v) is 3.92. The molecular formula is C26H28N4O2. The Morgan fingerprint density at radius 2 is 1.91 bits per heavy atom. The van der Waals surface area contributed by atoms with Crippen LogP contribution in [-0.4, -0.2) is 46.1 Å². The van der Waals surface area contributed by atoms with E-state index in [1.807, 2.05) is 65.6 Å². The van der Waals surface area contributed by atoms with Crippen LogP contribution < -0.4 is 10.1 Å². The number of rotatable bonds is 8. The highest BCUT2D eigenvalue weighted by Gasteiger charge is 2.24. The summed E-state index contributed by atoms with van der Waals surface area (Å²) in [5.74, 6) is 1.50. The second-order valence-electron chi connectivity index (χ2n) is 7.86. The molecule has 6 heteroatoms. The van der Waals surface area contributed by atoms with Crippen LogP contribution in [0.1, 0.15) is 24.0 Å². The Kier molecular flexibility index (Phi) is 6.94. The molecule has 2 aromatic carbocycles. The SMILES string of the molecule is C=CC(O)N1CCC[C@@H](Nc2ccncc2C(=N)c2ccc(Oc3ccccc3)cc2)C1. The Morgan fingerprint density at radius 3 is 2.66 bits per heavy atom. The van der Waals surface area contributed by atoms with Crippen molar-refractivity contribution in [3.63, 3.8) is 0 Å². The zero-order valence-electron chi connectivity index (χ0n) is 17.9. The van der Waals surface area contributed by atoms with Crippen molar-refractivity contribution in [2.24, 2.45) is 0 Å². The fourth-order valence-electron chi connectivity index (χ4n) is 3.92. The molecule has 1 unspecified atom stereocenters. The smallest absolute Gasteiger partial charge is 0.127 e. The minimum atomic E-state index is -0.633. The number of pyridine rings is 1. The van der Waals surface area contributed by atoms with Crippen molar-refractivity contribution >= 4 is 11.4 Å². The standard InChI is InChI=1S/C26H28N4O2/c1-2-25(31)30-16-6-7-20(18-30)29-24-14-15-28-17-23(24)26(27)19-10-12-22(13-11-19)32-21-8-4-3-5-9-21/h2-5,8-15,17,20,25,27,31H,1,6-7,16,18H2,(H,28,29)/t20-,25?/m1/s1. The van der Waals surface area contributed by atoms with Crippen molar-refractivity contribution in [2.45, 2.75) is 25.1 Å². The summed E-state index contributed by atoms with van der Waals surface area (Å²) in [4.78, 5) is 6.25. The van der Waals surface area contributed by atoms with Crippen LogP contribution in [0, 0.1) is 5.41 Å². The van der Waals surface area contributed by atoms with E-state index in [0.29, 0.717) is 12.3 Å². The maximum absolute atomic E-state index is 10.1. The van der Waals surface area contributed by atoms with Crippen molar-refractivity contribution < 1.29 is 9.84 Å². The first kappa shape index (κ1) is 21.7. The van der Waals surface area contributed by atoms with Crippen LogP contribution in [0.3, 0.4) is 0 Å². The summed E-state index contributed by atoms with van der Waals surface area (Å²) in [6.07, 6.45) is 6.37. The summed E-state index contributed by atoms with van der Waals surface area (Å²) in [6, 6.07) is 19.2. The number of nitrogens with zero attached hydrogens (tertiary/aromatic N) is 2. The van der Waals surface area contributed by atoms with E-state index in [1.165, 1.54) is 0 Å². The maximum atomic E-state index is 10.1. The van der Waals surface area contributed by atoms with Crippen LogP contribution in [-0.2, 0) is 0 Å². The minimum absolute atomic E-state index is 0.175. The number of aromatic nitrogens is 1. The normalized spacial score (nSPS) is 17.3. The lowest BCUT2D eigenvalue weighted by atomic mass is 10.0. The van der Waals surface area contributed by atoms with Gasteiger partial charge >= 0.3 is 0 Å². The van der Waals surface area contributed by atoms with Gasteiger partial charge in [-0.15, -0.1) is 0 Å². The van der Waals surface area contributed by atoms with Gasteiger partial charge in [-0.25, -0.2) is 0 Å². The van der Waals surface area contributed by atoms with E-state index in [-0.39, 0.29) is 6.04 Å². The number of hydrogen-bond donors (Lipinski definition) is 3. The Labute approximate surface area is 188 Å². The van der Waals surface area contributed by atoms with Crippen LogP contribution in [0.5, 0.6) is 11.5 Å². The molecule has 2 heterocycles. The van der Waals surface area contributed by atoms with E-state index in [1.54, 1.807) is 18.5 Å². The molecule has 0 bridgehead atoms. The molecule has 0 saturated carbocycles. The number of hydrogen-bond acceptors (Lipinski definition) is 6. The first-order valence-corrected chi connectivity index (χ1v) is 10.8. The molecule has 0 amide bonds. The van der Waals surface area contributed by atoms with Gasteiger partial charge in [-0.2, -0.15) is 0 Å². The fraction of sp³-hybridized carbons (Fsp3) is 0.231. The number of aliphatic hydroxyl groups is 1. The Bertz CT molecular complexity index is 1050. The van der Waals surface area contributed by atoms with E-state index < -0.39 is 6.23 Å². The van der Waals surface area contributed by atoms with Crippen molar-refractivity contribution in [3.05, 3.63) is 96.8 Å². The third-order valence-electron chi connectivity index (χ3n) is 5.61. The molecule has 0 aliphatic carbocycles. The van der Waals surface area contributed by atoms with Crippen LogP contribution in [0.15, 0.2) is 85.7 Å². The van der Waals surface area contributed by atoms with Crippen molar-refractivity contribution in [1.29, 1.82) is 5.41 Å². The number of anilines is 1. The summed E-state index contributed by atoms with van der Waals surface area (Å²) < 4.78 is 5.85. The van der Waals surface area contributed by atoms with E-state index in [0.717, 1.165) is 47.7 Å². The Morgan fingerprint density at radius 1 is 1.16 bits per heavy atom. The highest BCUT2D eigenvalue weighted by atomic mass is 16.5. The van der Waals surface area contributed by atoms with E-state index >= 15 is 0 Å². The second-order valence-corrected chi connectivity index (χ2v) is 7.86. The molecule has 4 rings (SSSR count). The van der Waals surface area contributed by atoms with Crippen LogP contribution in [0.4, 0.5) is 5.69 Å². The second kappa shape index (κ2) is 10.2. The number of aliphatic hydroxyl groups excluding tert-OH is 1. The quantitative estimate of drug-likeness (QED) is 0.359. The third kappa shape index (κ3) is 5.22. The van der Waals surface area contributed by atoms with Gasteiger partial charge in [-0.1, -0.05) is 24.8 Å². The Hall–Kier alpha value is -3.48. The Balaban J connectivity index is 1.47. The van der Waals surface area contributed by atoms with Gasteiger partial charge in [0.1, 0.15) is 17.7 Å². The number of benzene rings is 2. The maximum Gasteiger partial charge on any atom is 0.127 e. The highest BCUT2D eigenvalue weighted by Crippen LogP contribution is 2.25. The van der Waals surface area contributed by atoms with Gasteiger partial charge in [-0.05, 0) is 61.4 Å². The molecule has 6 nitrogen and oxygen atoms in total. The summed E-state index contributed by atoms with van der Waals surface area (Å²) in [6.45, 7) is 5.25. The molecule has 1 fully saturated rings. The largest absolute Gasteiger partial charge is 0.457 e. The molecule has 0 radical (unpaired) electrons. The van der Waals surface area contributed by atoms with Crippen molar-refractivity contribution in [2.75, 3.05) is 18.4 Å². The zero-order chi connectivity index (χ0) is 22.3. The molecule has 3 N–H and O–H groups in total. The van der Waals surface area contributed by atoms with E-state index in [9.17, 15) is 5.11 Å². The summed E-state index contributed by atoms with van der Waals surface area (Å²) in [7, 11) is 0. The molecule has 1 aromatic heterocycles. The summed E-state index contributed by atoms with van der Waals surface area (Å²) in [5, 5.41) is 22.4. The number of nitrogens with one attached hydrogen (secondary N) is 2. The number of piperidine rings is 1. The number of para-hydroxylation sites is 1. The molecule has 3 aromatic rings. The summed E-state index contributed by atoms with van der Waals surface area (Å²) in [5.41, 5.74) is 2.79. The van der Waals surface area contributed by atoms with Crippen molar-refractivity contribution in [3.8, 4) is 11.5 Å². The molecule has 32 heavy (non-hydrogen) atoms. The molecule has 1 aliphatic heterocycles. The van der Waals surface area contributed by atoms with E-state index in [2.05, 4.69) is 16.9 Å². The lowest BCUT2D eigenvalue weighted by molar-refractivity contribution is 0.0251. The lowest BCUT2D eigenvalue weighted by Crippen LogP contribution is -2.46. The van der Waals surface area contributed by atoms with Gasteiger partial charge in [-0.3, -0.25) is 15.3 Å². The monoisotopic (exact) mass is 428 g/mol. The van der Waals surface area contributed by atoms with Gasteiger partial charge in [0.2, 0.25) is 0 Å². The molecule has 0 spiro atoms. The molecular weight excluding hydrogens is 400 g/mol. The van der Waals surface area contributed by atoms with Crippen LogP contribution in [0.2, 0.25) is 0 Å². The summed E-state index contributed by atoms with van der Waals surface area (Å²) >= 11 is 0. The van der Waals surface area contributed by atoms with Crippen LogP contribution in [0.25, 0.3) is 0 Å². The topological polar surface area (TPSA) is 81.5 Å². The number of likely N-dealkylation sites (tertiary alicyclic amines) is 1. The van der Waals surface area contributed by atoms with E-state index in [4.69, 9.17) is 10.1 Å². The molecule has 1 saturated heterocycles. The average Bonchev–Trinajstić information content (AvgIpc) is 2.85. The van der Waals surface area contributed by atoms with Crippen molar-refractivity contribution in [1.82, 2.24) is 9.88 Å². The molecule has 164 valence electrons. The molecule has 1 aliphatic rings. The van der Waals surface area contributed by atoms with Gasteiger partial charge in [0.05, 0.1) is 5.71 Å². The predicted molar refractivity (Wildman–Crippen MR) is 128 cm³/mol. The first-order valence-electron chi connectivity index (χ1n) is 10.8. The van der Waals surface area contributed by atoms with Gasteiger partial charge in [0, 0.05) is 48.3 Å². The predicted octanol–water partition coefficient (Wildman–Crippen LogP) is 4.67. The lowest BCUT2D eigenvalue weighted by Gasteiger charge is -2.35.